The van der Waals surface area contributed by atoms with Gasteiger partial charge in [-0.3, -0.25) is 0 Å². The average Bonchev–Trinajstić information content (AvgIpc) is 2.31. The molecule has 0 aromatic heterocycles. The van der Waals surface area contributed by atoms with Gasteiger partial charge in [0.25, 0.3) is 0 Å². The Balaban J connectivity index is 2.20. The van der Waals surface area contributed by atoms with Gasteiger partial charge in [-0.25, -0.2) is 0 Å². The van der Waals surface area contributed by atoms with Crippen molar-refractivity contribution in [3.05, 3.63) is 48.0 Å². The predicted molar refractivity (Wildman–Crippen MR) is 59.6 cm³/mol. The van der Waals surface area contributed by atoms with Crippen LogP contribution < -0.4 is 0 Å². The summed E-state index contributed by atoms with van der Waals surface area (Å²) in [6.07, 6.45) is 3.57. The van der Waals surface area contributed by atoms with Crippen molar-refractivity contribution < 1.29 is 9.47 Å². The second-order valence-corrected chi connectivity index (χ2v) is 3.62. The van der Waals surface area contributed by atoms with Crippen LogP contribution in [0.2, 0.25) is 0 Å². The SMILES string of the molecule is C=CCc1ccccc1C1OCCCO1. The van der Waals surface area contributed by atoms with E-state index in [4.69, 9.17) is 9.47 Å². The molecule has 1 aliphatic rings. The highest BCUT2D eigenvalue weighted by Gasteiger charge is 2.18. The Morgan fingerprint density at radius 3 is 2.73 bits per heavy atom. The first-order valence-corrected chi connectivity index (χ1v) is 5.33. The van der Waals surface area contributed by atoms with Crippen molar-refractivity contribution in [1.82, 2.24) is 0 Å². The third kappa shape index (κ3) is 2.46. The van der Waals surface area contributed by atoms with Gasteiger partial charge in [-0.05, 0) is 18.4 Å². The molecule has 1 saturated heterocycles. The molecular weight excluding hydrogens is 188 g/mol. The van der Waals surface area contributed by atoms with Crippen LogP contribution in [-0.2, 0) is 15.9 Å². The molecular formula is C13H16O2. The molecule has 0 unspecified atom stereocenters. The largest absolute Gasteiger partial charge is 0.348 e. The summed E-state index contributed by atoms with van der Waals surface area (Å²) in [6.45, 7) is 5.33. The molecule has 0 spiro atoms. The molecule has 80 valence electrons. The maximum Gasteiger partial charge on any atom is 0.184 e. The van der Waals surface area contributed by atoms with E-state index in [1.807, 2.05) is 18.2 Å². The molecule has 1 aromatic carbocycles. The number of hydrogen-bond donors (Lipinski definition) is 0. The van der Waals surface area contributed by atoms with Crippen LogP contribution in [-0.4, -0.2) is 13.2 Å². The van der Waals surface area contributed by atoms with Crippen molar-refractivity contribution in [2.45, 2.75) is 19.1 Å². The second kappa shape index (κ2) is 5.10. The van der Waals surface area contributed by atoms with Gasteiger partial charge in [-0.15, -0.1) is 6.58 Å². The van der Waals surface area contributed by atoms with E-state index in [9.17, 15) is 0 Å². The van der Waals surface area contributed by atoms with Gasteiger partial charge in [0.15, 0.2) is 6.29 Å². The van der Waals surface area contributed by atoms with Crippen LogP contribution in [0.5, 0.6) is 0 Å². The lowest BCUT2D eigenvalue weighted by atomic mass is 10.0. The lowest BCUT2D eigenvalue weighted by Gasteiger charge is -2.25. The van der Waals surface area contributed by atoms with Crippen LogP contribution in [0.4, 0.5) is 0 Å². The van der Waals surface area contributed by atoms with Gasteiger partial charge in [0.1, 0.15) is 0 Å². The van der Waals surface area contributed by atoms with Gasteiger partial charge in [0.05, 0.1) is 13.2 Å². The number of allylic oxidation sites excluding steroid dienone is 1. The topological polar surface area (TPSA) is 18.5 Å². The fraction of sp³-hybridized carbons (Fsp3) is 0.385. The normalized spacial score (nSPS) is 17.6. The summed E-state index contributed by atoms with van der Waals surface area (Å²) in [5.74, 6) is 0. The van der Waals surface area contributed by atoms with Gasteiger partial charge in [-0.2, -0.15) is 0 Å². The molecule has 2 heteroatoms. The predicted octanol–water partition coefficient (Wildman–Crippen LogP) is 2.85. The smallest absolute Gasteiger partial charge is 0.184 e. The van der Waals surface area contributed by atoms with Crippen LogP contribution >= 0.6 is 0 Å². The van der Waals surface area contributed by atoms with Crippen LogP contribution in [0.3, 0.4) is 0 Å². The lowest BCUT2D eigenvalue weighted by molar-refractivity contribution is -0.183. The molecule has 0 bridgehead atoms. The van der Waals surface area contributed by atoms with E-state index in [2.05, 4.69) is 18.7 Å². The zero-order valence-electron chi connectivity index (χ0n) is 8.82. The minimum atomic E-state index is -0.185. The molecule has 0 N–H and O–H groups in total. The molecule has 0 saturated carbocycles. The third-order valence-electron chi connectivity index (χ3n) is 2.50. The molecule has 0 aliphatic carbocycles. The molecule has 15 heavy (non-hydrogen) atoms. The Morgan fingerprint density at radius 2 is 2.00 bits per heavy atom. The Hall–Kier alpha value is -1.12. The van der Waals surface area contributed by atoms with Gasteiger partial charge in [0, 0.05) is 5.56 Å². The summed E-state index contributed by atoms with van der Waals surface area (Å²) in [6, 6.07) is 8.21. The third-order valence-corrected chi connectivity index (χ3v) is 2.50. The van der Waals surface area contributed by atoms with E-state index in [-0.39, 0.29) is 6.29 Å². The molecule has 2 rings (SSSR count). The van der Waals surface area contributed by atoms with Crippen molar-refractivity contribution in [1.29, 1.82) is 0 Å². The van der Waals surface area contributed by atoms with Gasteiger partial charge < -0.3 is 9.47 Å². The zero-order chi connectivity index (χ0) is 10.5. The van der Waals surface area contributed by atoms with E-state index in [1.54, 1.807) is 0 Å². The number of rotatable bonds is 3. The van der Waals surface area contributed by atoms with Crippen LogP contribution in [0.1, 0.15) is 23.8 Å². The van der Waals surface area contributed by atoms with Gasteiger partial charge in [0.2, 0.25) is 0 Å². The standard InChI is InChI=1S/C13H16O2/c1-2-6-11-7-3-4-8-12(11)13-14-9-5-10-15-13/h2-4,7-8,13H,1,5-6,9-10H2. The summed E-state index contributed by atoms with van der Waals surface area (Å²) in [7, 11) is 0. The maximum atomic E-state index is 5.59. The number of benzene rings is 1. The Kier molecular flexibility index (Phi) is 3.54. The van der Waals surface area contributed by atoms with E-state index in [0.717, 1.165) is 31.6 Å². The first kappa shape index (κ1) is 10.4. The molecule has 0 radical (unpaired) electrons. The Bertz CT molecular complexity index is 327. The number of ether oxygens (including phenoxy) is 2. The van der Waals surface area contributed by atoms with Crippen molar-refractivity contribution in [3.63, 3.8) is 0 Å². The summed E-state index contributed by atoms with van der Waals surface area (Å²) >= 11 is 0. The molecule has 0 amide bonds. The maximum absolute atomic E-state index is 5.59. The first-order chi connectivity index (χ1) is 7.42. The van der Waals surface area contributed by atoms with Crippen molar-refractivity contribution in [2.75, 3.05) is 13.2 Å². The molecule has 1 aromatic rings. The summed E-state index contributed by atoms with van der Waals surface area (Å²) in [5.41, 5.74) is 2.37. The fourth-order valence-electron chi connectivity index (χ4n) is 1.77. The molecule has 1 fully saturated rings. The van der Waals surface area contributed by atoms with Gasteiger partial charge in [-0.1, -0.05) is 30.3 Å². The molecule has 1 aliphatic heterocycles. The van der Waals surface area contributed by atoms with E-state index in [1.165, 1.54) is 5.56 Å². The van der Waals surface area contributed by atoms with Crippen LogP contribution in [0.15, 0.2) is 36.9 Å². The molecule has 2 nitrogen and oxygen atoms in total. The fourth-order valence-corrected chi connectivity index (χ4v) is 1.77. The monoisotopic (exact) mass is 204 g/mol. The summed E-state index contributed by atoms with van der Waals surface area (Å²) < 4.78 is 11.2. The second-order valence-electron chi connectivity index (χ2n) is 3.62. The minimum Gasteiger partial charge on any atom is -0.348 e. The molecule has 0 atom stereocenters. The van der Waals surface area contributed by atoms with Crippen LogP contribution in [0.25, 0.3) is 0 Å². The Labute approximate surface area is 90.5 Å². The quantitative estimate of drug-likeness (QED) is 0.705. The highest BCUT2D eigenvalue weighted by molar-refractivity contribution is 5.29. The van der Waals surface area contributed by atoms with Crippen molar-refractivity contribution in [2.24, 2.45) is 0 Å². The average molecular weight is 204 g/mol. The van der Waals surface area contributed by atoms with E-state index < -0.39 is 0 Å². The van der Waals surface area contributed by atoms with Crippen molar-refractivity contribution in [3.8, 4) is 0 Å². The van der Waals surface area contributed by atoms with Crippen molar-refractivity contribution >= 4 is 0 Å². The minimum absolute atomic E-state index is 0.185. The Morgan fingerprint density at radius 1 is 1.27 bits per heavy atom. The number of hydrogen-bond acceptors (Lipinski definition) is 2. The van der Waals surface area contributed by atoms with Gasteiger partial charge >= 0.3 is 0 Å². The highest BCUT2D eigenvalue weighted by atomic mass is 16.7. The van der Waals surface area contributed by atoms with E-state index in [0.29, 0.717) is 0 Å². The molecule has 1 heterocycles. The van der Waals surface area contributed by atoms with Crippen LogP contribution in [0, 0.1) is 0 Å². The highest BCUT2D eigenvalue weighted by Crippen LogP contribution is 2.26. The summed E-state index contributed by atoms with van der Waals surface area (Å²) in [5, 5.41) is 0. The zero-order valence-corrected chi connectivity index (χ0v) is 8.82. The first-order valence-electron chi connectivity index (χ1n) is 5.33. The van der Waals surface area contributed by atoms with E-state index >= 15 is 0 Å². The summed E-state index contributed by atoms with van der Waals surface area (Å²) in [4.78, 5) is 0. The lowest BCUT2D eigenvalue weighted by Crippen LogP contribution is -2.18.